The molecule has 4 rings (SSSR count). The van der Waals surface area contributed by atoms with E-state index in [-0.39, 0.29) is 0 Å². The minimum atomic E-state index is 0.401. The Bertz CT molecular complexity index is 1140. The van der Waals surface area contributed by atoms with Gasteiger partial charge in [0.2, 0.25) is 5.88 Å². The third-order valence-corrected chi connectivity index (χ3v) is 4.00. The first-order chi connectivity index (χ1) is 13.3. The van der Waals surface area contributed by atoms with Crippen molar-refractivity contribution in [2.45, 2.75) is 6.61 Å². The molecule has 0 aliphatic rings. The van der Waals surface area contributed by atoms with Crippen LogP contribution in [-0.2, 0) is 6.61 Å². The molecule has 0 spiro atoms. The lowest BCUT2D eigenvalue weighted by Gasteiger charge is -2.04. The molecule has 3 heterocycles. The summed E-state index contributed by atoms with van der Waals surface area (Å²) in [6.45, 7) is 0.440. The van der Waals surface area contributed by atoms with Crippen LogP contribution < -0.4 is 4.74 Å². The Balaban J connectivity index is 1.50. The number of hydrogen-bond acceptors (Lipinski definition) is 5. The van der Waals surface area contributed by atoms with Crippen molar-refractivity contribution in [2.24, 2.45) is 0 Å². The summed E-state index contributed by atoms with van der Waals surface area (Å²) in [5.41, 5.74) is 2.21. The molecule has 0 fully saturated rings. The second-order valence-corrected chi connectivity index (χ2v) is 6.06. The maximum atomic E-state index is 5.98. The summed E-state index contributed by atoms with van der Waals surface area (Å²) in [5, 5.41) is 10.3. The van der Waals surface area contributed by atoms with Crippen LogP contribution in [0.25, 0.3) is 10.8 Å². The van der Waals surface area contributed by atoms with Gasteiger partial charge in [0.1, 0.15) is 23.1 Å². The van der Waals surface area contributed by atoms with Gasteiger partial charge < -0.3 is 4.74 Å². The number of hydrogen-bond donors (Lipinski definition) is 0. The predicted octanol–water partition coefficient (Wildman–Crippen LogP) is 4.05. The van der Waals surface area contributed by atoms with E-state index in [1.165, 1.54) is 0 Å². The second kappa shape index (κ2) is 7.81. The molecule has 6 heteroatoms. The van der Waals surface area contributed by atoms with E-state index >= 15 is 0 Å². The molecule has 0 aliphatic heterocycles. The van der Waals surface area contributed by atoms with Crippen LogP contribution in [0, 0.1) is 11.8 Å². The predicted molar refractivity (Wildman–Crippen MR) is 103 cm³/mol. The Morgan fingerprint density at radius 2 is 1.81 bits per heavy atom. The van der Waals surface area contributed by atoms with E-state index in [0.717, 1.165) is 16.3 Å². The summed E-state index contributed by atoms with van der Waals surface area (Å²) >= 11 is 5.98. The van der Waals surface area contributed by atoms with E-state index in [0.29, 0.717) is 29.0 Å². The van der Waals surface area contributed by atoms with Crippen LogP contribution in [0.5, 0.6) is 5.88 Å². The standard InChI is InChI=1S/C21H13ClN4O/c22-20-12-18-16(13-24-20)10-11-23-19(18)8-6-17-7-9-21(26-25-17)27-14-15-4-2-1-3-5-15/h1-5,7,9-13H,14H2. The topological polar surface area (TPSA) is 60.8 Å². The molecule has 27 heavy (non-hydrogen) atoms. The van der Waals surface area contributed by atoms with Crippen LogP contribution in [0.3, 0.4) is 0 Å². The molecule has 3 aromatic heterocycles. The van der Waals surface area contributed by atoms with E-state index in [1.807, 2.05) is 36.4 Å². The smallest absolute Gasteiger partial charge is 0.233 e. The molecule has 0 aliphatic carbocycles. The zero-order valence-corrected chi connectivity index (χ0v) is 14.9. The fourth-order valence-corrected chi connectivity index (χ4v) is 2.62. The van der Waals surface area contributed by atoms with Crippen molar-refractivity contribution in [1.82, 2.24) is 20.2 Å². The summed E-state index contributed by atoms with van der Waals surface area (Å²) in [7, 11) is 0. The number of halogens is 1. The van der Waals surface area contributed by atoms with Crippen molar-refractivity contribution in [1.29, 1.82) is 0 Å². The largest absolute Gasteiger partial charge is 0.472 e. The summed E-state index contributed by atoms with van der Waals surface area (Å²) in [4.78, 5) is 8.38. The highest BCUT2D eigenvalue weighted by Crippen LogP contribution is 2.18. The van der Waals surface area contributed by atoms with E-state index in [2.05, 4.69) is 32.0 Å². The molecule has 0 unspecified atom stereocenters. The van der Waals surface area contributed by atoms with Crippen LogP contribution in [-0.4, -0.2) is 20.2 Å². The van der Waals surface area contributed by atoms with Crippen molar-refractivity contribution >= 4 is 22.4 Å². The van der Waals surface area contributed by atoms with Gasteiger partial charge in [-0.15, -0.1) is 10.2 Å². The van der Waals surface area contributed by atoms with E-state index in [4.69, 9.17) is 16.3 Å². The fourth-order valence-electron chi connectivity index (χ4n) is 2.46. The third kappa shape index (κ3) is 4.20. The molecule has 1 aromatic carbocycles. The van der Waals surface area contributed by atoms with Crippen molar-refractivity contribution < 1.29 is 4.74 Å². The molecule has 4 aromatic rings. The molecular weight excluding hydrogens is 360 g/mol. The molecule has 0 saturated carbocycles. The molecule has 5 nitrogen and oxygen atoms in total. The average molecular weight is 373 g/mol. The molecule has 0 bridgehead atoms. The minimum absolute atomic E-state index is 0.401. The van der Waals surface area contributed by atoms with Crippen molar-refractivity contribution in [3.05, 3.63) is 89.1 Å². The Hall–Kier alpha value is -3.49. The highest BCUT2D eigenvalue weighted by molar-refractivity contribution is 6.30. The van der Waals surface area contributed by atoms with Gasteiger partial charge in [-0.3, -0.25) is 0 Å². The number of fused-ring (bicyclic) bond motifs is 1. The Morgan fingerprint density at radius 1 is 0.926 bits per heavy atom. The number of pyridine rings is 2. The van der Waals surface area contributed by atoms with E-state index in [9.17, 15) is 0 Å². The Morgan fingerprint density at radius 3 is 2.63 bits per heavy atom. The van der Waals surface area contributed by atoms with E-state index in [1.54, 1.807) is 30.6 Å². The van der Waals surface area contributed by atoms with Crippen LogP contribution in [0.1, 0.15) is 17.0 Å². The lowest BCUT2D eigenvalue weighted by molar-refractivity contribution is 0.290. The highest BCUT2D eigenvalue weighted by atomic mass is 35.5. The lowest BCUT2D eigenvalue weighted by atomic mass is 10.1. The summed E-state index contributed by atoms with van der Waals surface area (Å²) in [6.07, 6.45) is 3.39. The molecule has 0 radical (unpaired) electrons. The summed E-state index contributed by atoms with van der Waals surface area (Å²) in [5.74, 6) is 6.44. The molecule has 0 saturated heterocycles. The summed E-state index contributed by atoms with van der Waals surface area (Å²) < 4.78 is 5.62. The minimum Gasteiger partial charge on any atom is -0.472 e. The van der Waals surface area contributed by atoms with Crippen LogP contribution >= 0.6 is 11.6 Å². The number of rotatable bonds is 3. The average Bonchev–Trinajstić information content (AvgIpc) is 2.72. The lowest BCUT2D eigenvalue weighted by Crippen LogP contribution is -1.98. The maximum absolute atomic E-state index is 5.98. The Kier molecular flexibility index (Phi) is 4.91. The zero-order chi connectivity index (χ0) is 18.5. The number of nitrogens with zero attached hydrogens (tertiary/aromatic N) is 4. The number of aromatic nitrogens is 4. The number of ether oxygens (including phenoxy) is 1. The maximum Gasteiger partial charge on any atom is 0.233 e. The molecule has 0 atom stereocenters. The van der Waals surface area contributed by atoms with Crippen LogP contribution in [0.2, 0.25) is 5.15 Å². The SMILES string of the molecule is Clc1cc2c(C#Cc3ccc(OCc4ccccc4)nn3)nccc2cn1. The van der Waals surface area contributed by atoms with Gasteiger partial charge in [-0.25, -0.2) is 9.97 Å². The molecule has 0 amide bonds. The molecule has 0 N–H and O–H groups in total. The number of benzene rings is 1. The van der Waals surface area contributed by atoms with Crippen molar-refractivity contribution in [3.63, 3.8) is 0 Å². The van der Waals surface area contributed by atoms with Gasteiger partial charge in [-0.2, -0.15) is 0 Å². The first-order valence-corrected chi connectivity index (χ1v) is 8.58. The first-order valence-electron chi connectivity index (χ1n) is 8.21. The first kappa shape index (κ1) is 17.0. The van der Waals surface area contributed by atoms with E-state index < -0.39 is 0 Å². The van der Waals surface area contributed by atoms with Crippen molar-refractivity contribution in [3.8, 4) is 17.7 Å². The normalized spacial score (nSPS) is 10.3. The quantitative estimate of drug-likeness (QED) is 0.401. The molecular formula is C21H13ClN4O. The fraction of sp³-hybridized carbons (Fsp3) is 0.0476. The van der Waals surface area contributed by atoms with Crippen molar-refractivity contribution in [2.75, 3.05) is 0 Å². The van der Waals surface area contributed by atoms with Gasteiger partial charge in [0, 0.05) is 29.2 Å². The molecule has 130 valence electrons. The third-order valence-electron chi connectivity index (χ3n) is 3.79. The second-order valence-electron chi connectivity index (χ2n) is 5.67. The van der Waals surface area contributed by atoms with Gasteiger partial charge in [-0.05, 0) is 35.6 Å². The zero-order valence-electron chi connectivity index (χ0n) is 14.1. The van der Waals surface area contributed by atoms with Gasteiger partial charge in [-0.1, -0.05) is 41.9 Å². The van der Waals surface area contributed by atoms with Gasteiger partial charge in [0.05, 0.1) is 0 Å². The van der Waals surface area contributed by atoms with Gasteiger partial charge >= 0.3 is 0 Å². The highest BCUT2D eigenvalue weighted by Gasteiger charge is 2.02. The van der Waals surface area contributed by atoms with Gasteiger partial charge in [0.25, 0.3) is 0 Å². The van der Waals surface area contributed by atoms with Crippen LogP contribution in [0.15, 0.2) is 67.0 Å². The Labute approximate surface area is 161 Å². The summed E-state index contributed by atoms with van der Waals surface area (Å²) in [6, 6.07) is 17.0. The van der Waals surface area contributed by atoms with Gasteiger partial charge in [0.15, 0.2) is 0 Å². The van der Waals surface area contributed by atoms with Crippen LogP contribution in [0.4, 0.5) is 0 Å². The monoisotopic (exact) mass is 372 g/mol.